The number of nitrogens with zero attached hydrogens (tertiary/aromatic N) is 1. The van der Waals surface area contributed by atoms with Crippen molar-refractivity contribution in [1.82, 2.24) is 10.3 Å². The lowest BCUT2D eigenvalue weighted by Gasteiger charge is -2.29. The van der Waals surface area contributed by atoms with Gasteiger partial charge in [0, 0.05) is 30.1 Å². The molecule has 1 N–H and O–H groups in total. The summed E-state index contributed by atoms with van der Waals surface area (Å²) in [5, 5.41) is 6.66. The molecule has 0 fully saturated rings. The van der Waals surface area contributed by atoms with Crippen LogP contribution in [0.3, 0.4) is 0 Å². The Hall–Kier alpha value is -0.450. The minimum absolute atomic E-state index is 0.245. The summed E-state index contributed by atoms with van der Waals surface area (Å²) >= 11 is 1.73. The van der Waals surface area contributed by atoms with E-state index in [9.17, 15) is 0 Å². The van der Waals surface area contributed by atoms with Gasteiger partial charge in [0.15, 0.2) is 0 Å². The molecule has 0 saturated heterocycles. The SMILES string of the molecule is CCOC(C(C)C)C(Cc1nc(C)cs1)NC. The molecule has 17 heavy (non-hydrogen) atoms. The minimum atomic E-state index is 0.245. The third-order valence-electron chi connectivity index (χ3n) is 2.84. The first-order chi connectivity index (χ1) is 8.08. The number of rotatable bonds is 7. The topological polar surface area (TPSA) is 34.1 Å². The first kappa shape index (κ1) is 14.6. The summed E-state index contributed by atoms with van der Waals surface area (Å²) in [6, 6.07) is 0.334. The third-order valence-corrected chi connectivity index (χ3v) is 3.83. The Bertz CT molecular complexity index is 325. The molecule has 0 aromatic carbocycles. The quantitative estimate of drug-likeness (QED) is 0.814. The largest absolute Gasteiger partial charge is 0.377 e. The van der Waals surface area contributed by atoms with E-state index in [0.29, 0.717) is 12.0 Å². The molecule has 1 aromatic heterocycles. The monoisotopic (exact) mass is 256 g/mol. The summed E-state index contributed by atoms with van der Waals surface area (Å²) in [6.07, 6.45) is 1.19. The van der Waals surface area contributed by atoms with Gasteiger partial charge in [-0.2, -0.15) is 0 Å². The molecule has 98 valence electrons. The Kier molecular flexibility index (Phi) is 6.09. The van der Waals surface area contributed by atoms with E-state index in [-0.39, 0.29) is 6.10 Å². The number of likely N-dealkylation sites (N-methyl/N-ethyl adjacent to an activating group) is 1. The molecule has 0 saturated carbocycles. The zero-order valence-corrected chi connectivity index (χ0v) is 12.3. The smallest absolute Gasteiger partial charge is 0.0944 e. The highest BCUT2D eigenvalue weighted by atomic mass is 32.1. The lowest BCUT2D eigenvalue weighted by molar-refractivity contribution is 0.00534. The van der Waals surface area contributed by atoms with Gasteiger partial charge >= 0.3 is 0 Å². The van der Waals surface area contributed by atoms with Crippen LogP contribution in [0.2, 0.25) is 0 Å². The van der Waals surface area contributed by atoms with E-state index in [1.165, 1.54) is 5.01 Å². The summed E-state index contributed by atoms with van der Waals surface area (Å²) in [5.74, 6) is 0.508. The standard InChI is InChI=1S/C13H24N2OS/c1-6-16-13(9(2)3)11(14-5)7-12-15-10(4)8-17-12/h8-9,11,13-14H,6-7H2,1-5H3. The Morgan fingerprint density at radius 1 is 1.47 bits per heavy atom. The molecular weight excluding hydrogens is 232 g/mol. The summed E-state index contributed by atoms with van der Waals surface area (Å²) in [5.41, 5.74) is 1.11. The van der Waals surface area contributed by atoms with Gasteiger partial charge < -0.3 is 10.1 Å². The zero-order chi connectivity index (χ0) is 12.8. The number of thiazole rings is 1. The van der Waals surface area contributed by atoms with Crippen LogP contribution in [-0.2, 0) is 11.2 Å². The van der Waals surface area contributed by atoms with Crippen molar-refractivity contribution >= 4 is 11.3 Å². The molecule has 0 aliphatic heterocycles. The van der Waals surface area contributed by atoms with Crippen LogP contribution in [0, 0.1) is 12.8 Å². The highest BCUT2D eigenvalue weighted by Crippen LogP contribution is 2.17. The van der Waals surface area contributed by atoms with Crippen LogP contribution in [0.1, 0.15) is 31.5 Å². The van der Waals surface area contributed by atoms with Gasteiger partial charge in [0.05, 0.1) is 11.1 Å². The van der Waals surface area contributed by atoms with Crippen molar-refractivity contribution < 1.29 is 4.74 Å². The van der Waals surface area contributed by atoms with Gasteiger partial charge in [-0.1, -0.05) is 13.8 Å². The first-order valence-corrected chi connectivity index (χ1v) is 7.16. The van der Waals surface area contributed by atoms with Gasteiger partial charge in [0.2, 0.25) is 0 Å². The molecule has 0 aliphatic carbocycles. The lowest BCUT2D eigenvalue weighted by atomic mass is 9.97. The number of aromatic nitrogens is 1. The summed E-state index contributed by atoms with van der Waals surface area (Å²) < 4.78 is 5.85. The van der Waals surface area contributed by atoms with E-state index in [0.717, 1.165) is 18.7 Å². The van der Waals surface area contributed by atoms with E-state index in [2.05, 4.69) is 36.5 Å². The third kappa shape index (κ3) is 4.37. The molecule has 1 rings (SSSR count). The van der Waals surface area contributed by atoms with Crippen LogP contribution in [0.5, 0.6) is 0 Å². The van der Waals surface area contributed by atoms with Crippen molar-refractivity contribution in [1.29, 1.82) is 0 Å². The summed E-state index contributed by atoms with van der Waals surface area (Å²) in [4.78, 5) is 4.52. The number of hydrogen-bond acceptors (Lipinski definition) is 4. The Labute approximate surface area is 109 Å². The molecule has 2 atom stereocenters. The van der Waals surface area contributed by atoms with Crippen LogP contribution in [0.25, 0.3) is 0 Å². The van der Waals surface area contributed by atoms with Crippen molar-refractivity contribution in [3.05, 3.63) is 16.1 Å². The Morgan fingerprint density at radius 3 is 2.59 bits per heavy atom. The average molecular weight is 256 g/mol. The Morgan fingerprint density at radius 2 is 2.18 bits per heavy atom. The van der Waals surface area contributed by atoms with Crippen molar-refractivity contribution in [2.75, 3.05) is 13.7 Å². The maximum Gasteiger partial charge on any atom is 0.0944 e. The van der Waals surface area contributed by atoms with Gasteiger partial charge in [-0.3, -0.25) is 0 Å². The number of ether oxygens (including phenoxy) is 1. The molecule has 0 bridgehead atoms. The van der Waals surface area contributed by atoms with Gasteiger partial charge in [0.25, 0.3) is 0 Å². The summed E-state index contributed by atoms with van der Waals surface area (Å²) in [7, 11) is 2.00. The fraction of sp³-hybridized carbons (Fsp3) is 0.769. The van der Waals surface area contributed by atoms with Gasteiger partial charge in [-0.25, -0.2) is 4.98 Å². The van der Waals surface area contributed by atoms with Gasteiger partial charge in [-0.05, 0) is 26.8 Å². The van der Waals surface area contributed by atoms with Crippen molar-refractivity contribution in [2.45, 2.75) is 46.3 Å². The number of hydrogen-bond donors (Lipinski definition) is 1. The first-order valence-electron chi connectivity index (χ1n) is 6.28. The average Bonchev–Trinajstić information content (AvgIpc) is 2.68. The second kappa shape index (κ2) is 7.09. The summed E-state index contributed by atoms with van der Waals surface area (Å²) in [6.45, 7) is 9.26. The molecule has 0 amide bonds. The number of nitrogens with one attached hydrogen (secondary N) is 1. The normalized spacial score (nSPS) is 15.2. The predicted octanol–water partition coefficient (Wildman–Crippen LogP) is 2.64. The van der Waals surface area contributed by atoms with Crippen LogP contribution >= 0.6 is 11.3 Å². The maximum absolute atomic E-state index is 5.85. The lowest BCUT2D eigenvalue weighted by Crippen LogP contribution is -2.44. The minimum Gasteiger partial charge on any atom is -0.377 e. The number of aryl methyl sites for hydroxylation is 1. The van der Waals surface area contributed by atoms with Gasteiger partial charge in [0.1, 0.15) is 0 Å². The second-order valence-electron chi connectivity index (χ2n) is 4.65. The zero-order valence-electron chi connectivity index (χ0n) is 11.5. The van der Waals surface area contributed by atoms with Crippen molar-refractivity contribution in [3.63, 3.8) is 0 Å². The molecule has 3 nitrogen and oxygen atoms in total. The van der Waals surface area contributed by atoms with E-state index >= 15 is 0 Å². The second-order valence-corrected chi connectivity index (χ2v) is 5.59. The van der Waals surface area contributed by atoms with Crippen molar-refractivity contribution in [3.8, 4) is 0 Å². The molecule has 1 aromatic rings. The molecule has 0 aliphatic rings. The fourth-order valence-electron chi connectivity index (χ4n) is 2.03. The maximum atomic E-state index is 5.85. The molecule has 2 unspecified atom stereocenters. The molecule has 4 heteroatoms. The van der Waals surface area contributed by atoms with Crippen molar-refractivity contribution in [2.24, 2.45) is 5.92 Å². The van der Waals surface area contributed by atoms with E-state index in [1.807, 2.05) is 14.0 Å². The Balaban J connectivity index is 2.68. The molecule has 0 spiro atoms. The molecule has 0 radical (unpaired) electrons. The van der Waals surface area contributed by atoms with E-state index in [1.54, 1.807) is 11.3 Å². The van der Waals surface area contributed by atoms with Crippen LogP contribution < -0.4 is 5.32 Å². The van der Waals surface area contributed by atoms with E-state index < -0.39 is 0 Å². The predicted molar refractivity (Wildman–Crippen MR) is 73.7 cm³/mol. The molecular formula is C13H24N2OS. The highest BCUT2D eigenvalue weighted by molar-refractivity contribution is 7.09. The van der Waals surface area contributed by atoms with Crippen LogP contribution in [0.15, 0.2) is 5.38 Å². The van der Waals surface area contributed by atoms with Gasteiger partial charge in [-0.15, -0.1) is 11.3 Å². The van der Waals surface area contributed by atoms with Crippen LogP contribution in [0.4, 0.5) is 0 Å². The van der Waals surface area contributed by atoms with E-state index in [4.69, 9.17) is 4.74 Å². The molecule has 1 heterocycles. The van der Waals surface area contributed by atoms with Crippen LogP contribution in [-0.4, -0.2) is 30.8 Å². The highest BCUT2D eigenvalue weighted by Gasteiger charge is 2.24. The fourth-order valence-corrected chi connectivity index (χ4v) is 2.86.